The molecule has 0 N–H and O–H groups in total. The van der Waals surface area contributed by atoms with Crippen LogP contribution in [0.4, 0.5) is 0 Å². The molecular formula is C10H18NO3P. The molecule has 0 spiro atoms. The molecule has 0 aromatic carbocycles. The summed E-state index contributed by atoms with van der Waals surface area (Å²) in [4.78, 5) is 0. The topological polar surface area (TPSA) is 59.3 Å². The van der Waals surface area contributed by atoms with Crippen LogP contribution < -0.4 is 0 Å². The lowest BCUT2D eigenvalue weighted by Gasteiger charge is -2.16. The minimum absolute atomic E-state index is 0.0685. The highest BCUT2D eigenvalue weighted by molar-refractivity contribution is 7.54. The maximum absolute atomic E-state index is 12.0. The molecule has 0 aliphatic carbocycles. The van der Waals surface area contributed by atoms with Crippen molar-refractivity contribution < 1.29 is 13.6 Å². The highest BCUT2D eigenvalue weighted by Gasteiger charge is 2.24. The molecule has 0 aromatic heterocycles. The van der Waals surface area contributed by atoms with Crippen LogP contribution in [0.3, 0.4) is 0 Å². The van der Waals surface area contributed by atoms with Gasteiger partial charge in [0.1, 0.15) is 0 Å². The molecule has 0 aliphatic heterocycles. The summed E-state index contributed by atoms with van der Waals surface area (Å²) in [7, 11) is -3.11. The average molecular weight is 231 g/mol. The van der Waals surface area contributed by atoms with Crippen LogP contribution in [0.15, 0.2) is 11.6 Å². The van der Waals surface area contributed by atoms with Gasteiger partial charge in [-0.3, -0.25) is 4.57 Å². The van der Waals surface area contributed by atoms with E-state index in [9.17, 15) is 4.57 Å². The Morgan fingerprint density at radius 3 is 2.20 bits per heavy atom. The van der Waals surface area contributed by atoms with Crippen molar-refractivity contribution in [2.75, 3.05) is 19.4 Å². The third-order valence-corrected chi connectivity index (χ3v) is 3.64. The molecule has 15 heavy (non-hydrogen) atoms. The number of nitriles is 1. The summed E-state index contributed by atoms with van der Waals surface area (Å²) in [6, 6.07) is 2.00. The van der Waals surface area contributed by atoms with Crippen LogP contribution in [-0.2, 0) is 13.6 Å². The zero-order chi connectivity index (χ0) is 11.7. The number of hydrogen-bond acceptors (Lipinski definition) is 4. The molecule has 0 radical (unpaired) electrons. The van der Waals surface area contributed by atoms with E-state index in [2.05, 4.69) is 0 Å². The van der Waals surface area contributed by atoms with Crippen molar-refractivity contribution in [3.63, 3.8) is 0 Å². The van der Waals surface area contributed by atoms with Gasteiger partial charge >= 0.3 is 7.60 Å². The summed E-state index contributed by atoms with van der Waals surface area (Å²) in [6.07, 6.45) is 2.55. The van der Waals surface area contributed by atoms with Crippen LogP contribution in [0, 0.1) is 11.3 Å². The van der Waals surface area contributed by atoms with Crippen molar-refractivity contribution in [3.8, 4) is 6.07 Å². The predicted octanol–water partition coefficient (Wildman–Crippen LogP) is 3.11. The maximum atomic E-state index is 12.0. The van der Waals surface area contributed by atoms with Crippen molar-refractivity contribution in [1.29, 1.82) is 5.26 Å². The molecule has 0 heterocycles. The van der Waals surface area contributed by atoms with Gasteiger partial charge in [0.2, 0.25) is 0 Å². The van der Waals surface area contributed by atoms with Gasteiger partial charge in [0.15, 0.2) is 0 Å². The van der Waals surface area contributed by atoms with E-state index in [0.29, 0.717) is 18.8 Å². The van der Waals surface area contributed by atoms with Gasteiger partial charge in [0.25, 0.3) is 0 Å². The summed E-state index contributed by atoms with van der Waals surface area (Å²) in [5.74, 6) is 0. The van der Waals surface area contributed by atoms with Gasteiger partial charge in [-0.25, -0.2) is 0 Å². The third-order valence-electron chi connectivity index (χ3n) is 1.61. The number of hydrogen-bond donors (Lipinski definition) is 0. The lowest BCUT2D eigenvalue weighted by atomic mass is 10.3. The average Bonchev–Trinajstić information content (AvgIpc) is 2.17. The monoisotopic (exact) mass is 231 g/mol. The molecule has 0 saturated heterocycles. The van der Waals surface area contributed by atoms with Gasteiger partial charge in [0.05, 0.1) is 25.4 Å². The summed E-state index contributed by atoms with van der Waals surface area (Å²) < 4.78 is 22.2. The molecule has 0 bridgehead atoms. The van der Waals surface area contributed by atoms with Crippen LogP contribution >= 0.6 is 7.60 Å². The Kier molecular flexibility index (Phi) is 7.33. The minimum Gasteiger partial charge on any atom is -0.309 e. The first-order valence-corrected chi connectivity index (χ1v) is 6.81. The zero-order valence-electron chi connectivity index (χ0n) is 9.52. The van der Waals surface area contributed by atoms with E-state index in [1.54, 1.807) is 19.9 Å². The Morgan fingerprint density at radius 2 is 1.87 bits per heavy atom. The van der Waals surface area contributed by atoms with Gasteiger partial charge in [0, 0.05) is 5.57 Å². The summed E-state index contributed by atoms with van der Waals surface area (Å²) in [5, 5.41) is 8.81. The molecule has 4 nitrogen and oxygen atoms in total. The first-order valence-electron chi connectivity index (χ1n) is 5.09. The van der Waals surface area contributed by atoms with Crippen molar-refractivity contribution in [1.82, 2.24) is 0 Å². The summed E-state index contributed by atoms with van der Waals surface area (Å²) in [5.41, 5.74) is 0.461. The fraction of sp³-hybridized carbons (Fsp3) is 0.700. The fourth-order valence-electron chi connectivity index (χ4n) is 1.12. The van der Waals surface area contributed by atoms with Gasteiger partial charge in [-0.05, 0) is 20.3 Å². The Bertz CT molecular complexity index is 284. The SMILES string of the molecule is CC/C=C(\C#N)CP(=O)(OCC)OCC. The van der Waals surface area contributed by atoms with E-state index in [-0.39, 0.29) is 6.16 Å². The molecule has 0 saturated carbocycles. The lowest BCUT2D eigenvalue weighted by molar-refractivity contribution is 0.222. The smallest absolute Gasteiger partial charge is 0.309 e. The Labute approximate surface area is 91.4 Å². The van der Waals surface area contributed by atoms with Crippen LogP contribution in [0.5, 0.6) is 0 Å². The van der Waals surface area contributed by atoms with Crippen LogP contribution in [0.25, 0.3) is 0 Å². The van der Waals surface area contributed by atoms with E-state index in [1.807, 2.05) is 13.0 Å². The molecular weight excluding hydrogens is 213 g/mol. The second kappa shape index (κ2) is 7.64. The number of allylic oxidation sites excluding steroid dienone is 2. The molecule has 0 atom stereocenters. The van der Waals surface area contributed by atoms with E-state index >= 15 is 0 Å². The highest BCUT2D eigenvalue weighted by atomic mass is 31.2. The molecule has 0 rings (SSSR count). The van der Waals surface area contributed by atoms with Crippen molar-refractivity contribution >= 4 is 7.60 Å². The third kappa shape index (κ3) is 5.74. The number of rotatable bonds is 7. The normalized spacial score (nSPS) is 12.5. The molecule has 5 heteroatoms. The maximum Gasteiger partial charge on any atom is 0.335 e. The van der Waals surface area contributed by atoms with Gasteiger partial charge in [-0.15, -0.1) is 0 Å². The molecule has 0 aliphatic rings. The largest absolute Gasteiger partial charge is 0.335 e. The lowest BCUT2D eigenvalue weighted by Crippen LogP contribution is -2.01. The molecule has 0 amide bonds. The second-order valence-corrected chi connectivity index (χ2v) is 4.91. The van der Waals surface area contributed by atoms with Crippen molar-refractivity contribution in [2.24, 2.45) is 0 Å². The Hall–Kier alpha value is -0.620. The quantitative estimate of drug-likeness (QED) is 0.499. The van der Waals surface area contributed by atoms with Crippen LogP contribution in [0.2, 0.25) is 0 Å². The molecule has 86 valence electrons. The minimum atomic E-state index is -3.11. The summed E-state index contributed by atoms with van der Waals surface area (Å²) in [6.45, 7) is 6.07. The van der Waals surface area contributed by atoms with Gasteiger partial charge in [-0.2, -0.15) is 5.26 Å². The highest BCUT2D eigenvalue weighted by Crippen LogP contribution is 2.49. The van der Waals surface area contributed by atoms with E-state index in [1.165, 1.54) is 0 Å². The fourth-order valence-corrected chi connectivity index (χ4v) is 2.78. The second-order valence-electron chi connectivity index (χ2n) is 2.85. The van der Waals surface area contributed by atoms with Crippen molar-refractivity contribution in [3.05, 3.63) is 11.6 Å². The van der Waals surface area contributed by atoms with Crippen molar-refractivity contribution in [2.45, 2.75) is 27.2 Å². The van der Waals surface area contributed by atoms with Crippen LogP contribution in [-0.4, -0.2) is 19.4 Å². The molecule has 0 aromatic rings. The van der Waals surface area contributed by atoms with E-state index in [4.69, 9.17) is 14.3 Å². The van der Waals surface area contributed by atoms with E-state index in [0.717, 1.165) is 6.42 Å². The predicted molar refractivity (Wildman–Crippen MR) is 59.7 cm³/mol. The number of nitrogens with zero attached hydrogens (tertiary/aromatic N) is 1. The first kappa shape index (κ1) is 14.4. The Balaban J connectivity index is 4.60. The Morgan fingerprint density at radius 1 is 1.33 bits per heavy atom. The van der Waals surface area contributed by atoms with Gasteiger partial charge in [-0.1, -0.05) is 13.0 Å². The zero-order valence-corrected chi connectivity index (χ0v) is 10.4. The molecule has 0 fully saturated rings. The van der Waals surface area contributed by atoms with Gasteiger partial charge < -0.3 is 9.05 Å². The van der Waals surface area contributed by atoms with Crippen LogP contribution in [0.1, 0.15) is 27.2 Å². The summed E-state index contributed by atoms with van der Waals surface area (Å²) >= 11 is 0. The van der Waals surface area contributed by atoms with E-state index < -0.39 is 7.60 Å². The molecule has 0 unspecified atom stereocenters. The first-order chi connectivity index (χ1) is 7.11. The standard InChI is InChI=1S/C10H18NO3P/c1-4-7-10(8-11)9-15(12,13-5-2)14-6-3/h7H,4-6,9H2,1-3H3/b10-7+.